The maximum absolute atomic E-state index is 12.3. The number of hydrogen-bond acceptors (Lipinski definition) is 5. The highest BCUT2D eigenvalue weighted by Crippen LogP contribution is 2.40. The molecule has 1 saturated heterocycles. The van der Waals surface area contributed by atoms with Crippen molar-refractivity contribution in [2.45, 2.75) is 56.9 Å². The van der Waals surface area contributed by atoms with Gasteiger partial charge in [0.15, 0.2) is 0 Å². The lowest BCUT2D eigenvalue weighted by atomic mass is 9.96. The number of aromatic nitrogens is 4. The van der Waals surface area contributed by atoms with Gasteiger partial charge in [0.05, 0.1) is 12.0 Å². The summed E-state index contributed by atoms with van der Waals surface area (Å²) in [5, 5.41) is 0. The van der Waals surface area contributed by atoms with Gasteiger partial charge < -0.3 is 4.90 Å². The molecule has 5 rings (SSSR count). The fraction of sp³-hybridized carbons (Fsp3) is 0.600. The highest BCUT2D eigenvalue weighted by Gasteiger charge is 2.28. The van der Waals surface area contributed by atoms with Crippen LogP contribution in [0.2, 0.25) is 0 Å². The first-order chi connectivity index (χ1) is 12.8. The quantitative estimate of drug-likeness (QED) is 0.829. The smallest absolute Gasteiger partial charge is 0.253 e. The Labute approximate surface area is 153 Å². The zero-order valence-electron chi connectivity index (χ0n) is 15.0. The lowest BCUT2D eigenvalue weighted by Gasteiger charge is -2.33. The second-order valence-corrected chi connectivity index (χ2v) is 8.08. The Hall–Kier alpha value is -2.24. The van der Waals surface area contributed by atoms with Gasteiger partial charge in [-0.2, -0.15) is 0 Å². The largest absolute Gasteiger partial charge is 0.356 e. The van der Waals surface area contributed by atoms with Crippen LogP contribution in [0.25, 0.3) is 0 Å². The molecule has 2 aromatic rings. The molecule has 6 heteroatoms. The Balaban J connectivity index is 1.20. The van der Waals surface area contributed by atoms with Gasteiger partial charge in [-0.3, -0.25) is 9.36 Å². The summed E-state index contributed by atoms with van der Waals surface area (Å²) in [5.74, 6) is 2.79. The van der Waals surface area contributed by atoms with Crippen molar-refractivity contribution < 1.29 is 0 Å². The maximum Gasteiger partial charge on any atom is 0.253 e. The molecule has 0 N–H and O–H groups in total. The minimum absolute atomic E-state index is 0.106. The van der Waals surface area contributed by atoms with Crippen molar-refractivity contribution in [3.05, 3.63) is 46.5 Å². The summed E-state index contributed by atoms with van der Waals surface area (Å²) in [6.45, 7) is 2.77. The van der Waals surface area contributed by atoms with Crippen LogP contribution in [0.1, 0.15) is 61.7 Å². The third kappa shape index (κ3) is 3.37. The number of piperidine rings is 1. The molecule has 3 aliphatic rings. The zero-order valence-corrected chi connectivity index (χ0v) is 15.0. The third-order valence-electron chi connectivity index (χ3n) is 5.96. The lowest BCUT2D eigenvalue weighted by molar-refractivity contribution is 0.350. The lowest BCUT2D eigenvalue weighted by Crippen LogP contribution is -2.37. The van der Waals surface area contributed by atoms with Gasteiger partial charge >= 0.3 is 0 Å². The van der Waals surface area contributed by atoms with Crippen molar-refractivity contribution >= 4 is 5.82 Å². The fourth-order valence-electron chi connectivity index (χ4n) is 3.94. The minimum atomic E-state index is 0.106. The van der Waals surface area contributed by atoms with Crippen LogP contribution in [-0.2, 0) is 6.54 Å². The summed E-state index contributed by atoms with van der Waals surface area (Å²) in [6, 6.07) is 3.91. The van der Waals surface area contributed by atoms with E-state index in [1.54, 1.807) is 23.3 Å². The van der Waals surface area contributed by atoms with E-state index < -0.39 is 0 Å². The Morgan fingerprint density at radius 1 is 0.885 bits per heavy atom. The molecular weight excluding hydrogens is 326 g/mol. The molecule has 3 fully saturated rings. The number of rotatable bonds is 5. The molecule has 0 unspecified atom stereocenters. The zero-order chi connectivity index (χ0) is 17.5. The first-order valence-electron chi connectivity index (χ1n) is 9.89. The maximum atomic E-state index is 12.3. The first-order valence-corrected chi connectivity index (χ1v) is 9.89. The predicted molar refractivity (Wildman–Crippen MR) is 99.4 cm³/mol. The van der Waals surface area contributed by atoms with Crippen molar-refractivity contribution in [1.29, 1.82) is 0 Å². The van der Waals surface area contributed by atoms with E-state index in [2.05, 4.69) is 25.9 Å². The topological polar surface area (TPSA) is 63.9 Å². The summed E-state index contributed by atoms with van der Waals surface area (Å²) in [4.78, 5) is 28.1. The van der Waals surface area contributed by atoms with E-state index in [9.17, 15) is 4.79 Å². The number of anilines is 1. The standard InChI is InChI=1S/C20H25N5O/c26-20-10-18(16-3-4-16)23-13-25(20)11-14-5-7-24(8-6-14)19-9-17(15-1-2-15)21-12-22-19/h9-10,12-16H,1-8,11H2. The first kappa shape index (κ1) is 16.0. The van der Waals surface area contributed by atoms with E-state index in [4.69, 9.17) is 0 Å². The highest BCUT2D eigenvalue weighted by atomic mass is 16.1. The molecule has 2 saturated carbocycles. The van der Waals surface area contributed by atoms with Gasteiger partial charge in [-0.05, 0) is 44.4 Å². The fourth-order valence-corrected chi connectivity index (χ4v) is 3.94. The van der Waals surface area contributed by atoms with Gasteiger partial charge in [0.1, 0.15) is 12.1 Å². The van der Waals surface area contributed by atoms with Crippen LogP contribution in [0, 0.1) is 5.92 Å². The molecule has 0 aromatic carbocycles. The Bertz CT molecular complexity index is 847. The molecule has 2 aromatic heterocycles. The van der Waals surface area contributed by atoms with E-state index >= 15 is 0 Å². The molecule has 0 bridgehead atoms. The van der Waals surface area contributed by atoms with Crippen LogP contribution in [0.15, 0.2) is 29.6 Å². The van der Waals surface area contributed by atoms with Gasteiger partial charge in [0.2, 0.25) is 0 Å². The van der Waals surface area contributed by atoms with Crippen LogP contribution in [0.3, 0.4) is 0 Å². The molecule has 26 heavy (non-hydrogen) atoms. The number of nitrogens with zero attached hydrogens (tertiary/aromatic N) is 5. The monoisotopic (exact) mass is 351 g/mol. The van der Waals surface area contributed by atoms with Gasteiger partial charge in [-0.15, -0.1) is 0 Å². The summed E-state index contributed by atoms with van der Waals surface area (Å²) in [5.41, 5.74) is 2.29. The van der Waals surface area contributed by atoms with E-state index in [0.29, 0.717) is 17.8 Å². The van der Waals surface area contributed by atoms with Crippen LogP contribution in [0.4, 0.5) is 5.82 Å². The third-order valence-corrected chi connectivity index (χ3v) is 5.96. The van der Waals surface area contributed by atoms with Crippen LogP contribution in [0.5, 0.6) is 0 Å². The highest BCUT2D eigenvalue weighted by molar-refractivity contribution is 5.40. The van der Waals surface area contributed by atoms with Gasteiger partial charge in [0.25, 0.3) is 5.56 Å². The molecule has 0 radical (unpaired) electrons. The molecule has 136 valence electrons. The minimum Gasteiger partial charge on any atom is -0.356 e. The van der Waals surface area contributed by atoms with Gasteiger partial charge in [-0.25, -0.2) is 15.0 Å². The molecule has 0 spiro atoms. The summed E-state index contributed by atoms with van der Waals surface area (Å²) >= 11 is 0. The van der Waals surface area contributed by atoms with E-state index in [-0.39, 0.29) is 5.56 Å². The van der Waals surface area contributed by atoms with Gasteiger partial charge in [-0.1, -0.05) is 0 Å². The van der Waals surface area contributed by atoms with Crippen molar-refractivity contribution in [2.24, 2.45) is 5.92 Å². The summed E-state index contributed by atoms with van der Waals surface area (Å²) in [6.07, 6.45) is 10.5. The Morgan fingerprint density at radius 2 is 1.58 bits per heavy atom. The molecule has 1 aliphatic heterocycles. The van der Waals surface area contributed by atoms with Crippen molar-refractivity contribution in [2.75, 3.05) is 18.0 Å². The van der Waals surface area contributed by atoms with Crippen molar-refractivity contribution in [3.63, 3.8) is 0 Å². The number of hydrogen-bond donors (Lipinski definition) is 0. The van der Waals surface area contributed by atoms with Crippen LogP contribution < -0.4 is 10.5 Å². The molecule has 3 heterocycles. The molecular formula is C20H25N5O. The second-order valence-electron chi connectivity index (χ2n) is 8.08. The molecule has 0 atom stereocenters. The summed E-state index contributed by atoms with van der Waals surface area (Å²) < 4.78 is 1.79. The van der Waals surface area contributed by atoms with Crippen molar-refractivity contribution in [1.82, 2.24) is 19.5 Å². The summed E-state index contributed by atoms with van der Waals surface area (Å²) in [7, 11) is 0. The van der Waals surface area contributed by atoms with Crippen LogP contribution in [-0.4, -0.2) is 32.6 Å². The Morgan fingerprint density at radius 3 is 2.23 bits per heavy atom. The SMILES string of the molecule is O=c1cc(C2CC2)ncn1CC1CCN(c2cc(C3CC3)ncn2)CC1. The normalized spacial score (nSPS) is 21.2. The van der Waals surface area contributed by atoms with E-state index in [1.165, 1.54) is 31.4 Å². The second kappa shape index (κ2) is 6.49. The average molecular weight is 351 g/mol. The van der Waals surface area contributed by atoms with Crippen molar-refractivity contribution in [3.8, 4) is 0 Å². The molecule has 6 nitrogen and oxygen atoms in total. The van der Waals surface area contributed by atoms with Crippen LogP contribution >= 0.6 is 0 Å². The molecule has 2 aliphatic carbocycles. The average Bonchev–Trinajstić information content (AvgIpc) is 3.57. The molecule has 0 amide bonds. The Kier molecular flexibility index (Phi) is 3.98. The van der Waals surface area contributed by atoms with Gasteiger partial charge in [0, 0.05) is 49.3 Å². The predicted octanol–water partition coefficient (Wildman–Crippen LogP) is 2.70. The van der Waals surface area contributed by atoms with E-state index in [1.807, 2.05) is 0 Å². The van der Waals surface area contributed by atoms with E-state index in [0.717, 1.165) is 44.0 Å².